The molecule has 0 heterocycles. The van der Waals surface area contributed by atoms with Crippen LogP contribution in [0.25, 0.3) is 17.2 Å². The second kappa shape index (κ2) is 6.59. The average molecular weight is 383 g/mol. The van der Waals surface area contributed by atoms with Crippen LogP contribution in [0.5, 0.6) is 0 Å². The summed E-state index contributed by atoms with van der Waals surface area (Å²) >= 11 is 0. The second-order valence-corrected chi connectivity index (χ2v) is 10.9. The lowest BCUT2D eigenvalue weighted by Crippen LogP contribution is -2.16. The number of hydrogen-bond donors (Lipinski definition) is 0. The summed E-state index contributed by atoms with van der Waals surface area (Å²) in [6.45, 7) is 18.6. The van der Waals surface area contributed by atoms with Crippen molar-refractivity contribution in [1.82, 2.24) is 0 Å². The molecule has 29 heavy (non-hydrogen) atoms. The Labute approximate surface area is 175 Å². The summed E-state index contributed by atoms with van der Waals surface area (Å²) in [6.07, 6.45) is 5.97. The molecule has 2 aliphatic rings. The summed E-state index contributed by atoms with van der Waals surface area (Å²) < 4.78 is 0. The minimum Gasteiger partial charge on any atom is -0.0686 e. The number of allylic oxidation sites excluding steroid dienone is 4. The van der Waals surface area contributed by atoms with Gasteiger partial charge in [-0.05, 0) is 80.3 Å². The van der Waals surface area contributed by atoms with Crippen molar-refractivity contribution in [2.75, 3.05) is 0 Å². The lowest BCUT2D eigenvalue weighted by molar-refractivity contribution is 0.453. The van der Waals surface area contributed by atoms with Crippen LogP contribution >= 0.6 is 0 Å². The van der Waals surface area contributed by atoms with Gasteiger partial charge in [0.25, 0.3) is 0 Å². The zero-order valence-electron chi connectivity index (χ0n) is 19.3. The van der Waals surface area contributed by atoms with Crippen LogP contribution < -0.4 is 10.4 Å². The third-order valence-electron chi connectivity index (χ3n) is 6.38. The molecule has 0 fully saturated rings. The molecular formula is C29H34. The van der Waals surface area contributed by atoms with Crippen molar-refractivity contribution in [1.29, 1.82) is 0 Å². The number of benzene rings is 2. The Balaban J connectivity index is 2.04. The predicted molar refractivity (Wildman–Crippen MR) is 127 cm³/mol. The van der Waals surface area contributed by atoms with Crippen molar-refractivity contribution in [2.24, 2.45) is 10.8 Å². The molecule has 4 rings (SSSR count). The van der Waals surface area contributed by atoms with Crippen LogP contribution in [0.1, 0.15) is 72.9 Å². The lowest BCUT2D eigenvalue weighted by atomic mass is 9.76. The molecule has 0 spiro atoms. The van der Waals surface area contributed by atoms with Gasteiger partial charge >= 0.3 is 0 Å². The second-order valence-electron chi connectivity index (χ2n) is 10.9. The van der Waals surface area contributed by atoms with Crippen LogP contribution in [0.2, 0.25) is 0 Å². The maximum atomic E-state index is 2.51. The van der Waals surface area contributed by atoms with E-state index in [0.717, 1.165) is 6.42 Å². The smallest absolute Gasteiger partial charge is 0.00493 e. The summed E-state index contributed by atoms with van der Waals surface area (Å²) in [5.41, 5.74) is 9.16. The molecule has 2 aromatic carbocycles. The maximum absolute atomic E-state index is 2.51. The van der Waals surface area contributed by atoms with Crippen molar-refractivity contribution in [3.63, 3.8) is 0 Å². The molecule has 0 nitrogen and oxygen atoms in total. The van der Waals surface area contributed by atoms with Crippen LogP contribution in [0.15, 0.2) is 53.6 Å². The maximum Gasteiger partial charge on any atom is -0.00493 e. The monoisotopic (exact) mass is 382 g/mol. The topological polar surface area (TPSA) is 0 Å². The SMILES string of the molecule is CC(C)=c1ccc2c(c1C1=CC(C(C)(C)C)=C(C(C)(C)C)C1)C=c1ccccc1=2. The number of fused-ring (bicyclic) bond motifs is 2. The van der Waals surface area contributed by atoms with E-state index >= 15 is 0 Å². The Morgan fingerprint density at radius 3 is 2.03 bits per heavy atom. The summed E-state index contributed by atoms with van der Waals surface area (Å²) in [5, 5.41) is 5.47. The molecule has 0 bridgehead atoms. The average Bonchev–Trinajstić information content (AvgIpc) is 3.22. The summed E-state index contributed by atoms with van der Waals surface area (Å²) in [5.74, 6) is 0. The van der Waals surface area contributed by atoms with Gasteiger partial charge < -0.3 is 0 Å². The summed E-state index contributed by atoms with van der Waals surface area (Å²) in [4.78, 5) is 0. The molecule has 0 unspecified atom stereocenters. The zero-order chi connectivity index (χ0) is 21.1. The van der Waals surface area contributed by atoms with E-state index in [2.05, 4.69) is 104 Å². The van der Waals surface area contributed by atoms with Gasteiger partial charge in [0.1, 0.15) is 0 Å². The molecule has 0 aromatic heterocycles. The highest BCUT2D eigenvalue weighted by Crippen LogP contribution is 2.47. The fourth-order valence-corrected chi connectivity index (χ4v) is 4.89. The Morgan fingerprint density at radius 1 is 0.759 bits per heavy atom. The molecule has 2 aliphatic carbocycles. The van der Waals surface area contributed by atoms with Gasteiger partial charge in [-0.1, -0.05) is 95.2 Å². The Bertz CT molecular complexity index is 1280. The molecule has 0 heteroatoms. The van der Waals surface area contributed by atoms with Crippen molar-refractivity contribution in [2.45, 2.75) is 61.8 Å². The first kappa shape index (κ1) is 20.0. The van der Waals surface area contributed by atoms with E-state index in [9.17, 15) is 0 Å². The van der Waals surface area contributed by atoms with Gasteiger partial charge in [0.15, 0.2) is 0 Å². The highest BCUT2D eigenvalue weighted by Gasteiger charge is 2.32. The van der Waals surface area contributed by atoms with Crippen molar-refractivity contribution in [3.05, 3.63) is 85.6 Å². The normalized spacial score (nSPS) is 15.8. The van der Waals surface area contributed by atoms with E-state index in [0.29, 0.717) is 0 Å². The van der Waals surface area contributed by atoms with E-state index < -0.39 is 0 Å². The van der Waals surface area contributed by atoms with Crippen molar-refractivity contribution in [3.8, 4) is 0 Å². The van der Waals surface area contributed by atoms with Crippen LogP contribution in [-0.4, -0.2) is 0 Å². The lowest BCUT2D eigenvalue weighted by Gasteiger charge is -2.29. The van der Waals surface area contributed by atoms with E-state index in [-0.39, 0.29) is 10.8 Å². The molecule has 2 aromatic rings. The van der Waals surface area contributed by atoms with Gasteiger partial charge in [0.2, 0.25) is 0 Å². The quantitative estimate of drug-likeness (QED) is 0.452. The van der Waals surface area contributed by atoms with Gasteiger partial charge in [0.05, 0.1) is 0 Å². The third-order valence-corrected chi connectivity index (χ3v) is 6.38. The third kappa shape index (κ3) is 3.33. The molecule has 0 aliphatic heterocycles. The largest absolute Gasteiger partial charge is 0.0686 e. The molecule has 0 saturated heterocycles. The molecule has 0 N–H and O–H groups in total. The number of rotatable bonds is 1. The summed E-state index contributed by atoms with van der Waals surface area (Å²) in [6, 6.07) is 13.5. The first-order chi connectivity index (χ1) is 13.5. The Kier molecular flexibility index (Phi) is 4.53. The van der Waals surface area contributed by atoms with Crippen molar-refractivity contribution < 1.29 is 0 Å². The van der Waals surface area contributed by atoms with Crippen LogP contribution in [0.4, 0.5) is 0 Å². The zero-order valence-corrected chi connectivity index (χ0v) is 19.3. The number of hydrogen-bond acceptors (Lipinski definition) is 0. The molecule has 0 amide bonds. The van der Waals surface area contributed by atoms with E-state index in [4.69, 9.17) is 0 Å². The fraction of sp³-hybridized carbons (Fsp3) is 0.379. The first-order valence-corrected chi connectivity index (χ1v) is 10.8. The Hall–Kier alpha value is -2.34. The van der Waals surface area contributed by atoms with Crippen LogP contribution in [0.3, 0.4) is 0 Å². The van der Waals surface area contributed by atoms with Crippen LogP contribution in [0, 0.1) is 21.3 Å². The van der Waals surface area contributed by atoms with E-state index in [1.54, 1.807) is 5.57 Å². The van der Waals surface area contributed by atoms with Crippen LogP contribution in [-0.2, 0) is 0 Å². The molecule has 0 atom stereocenters. The highest BCUT2D eigenvalue weighted by molar-refractivity contribution is 5.82. The van der Waals surface area contributed by atoms with Gasteiger partial charge in [-0.3, -0.25) is 0 Å². The standard InChI is InChI=1S/C29H34/c1-18(2)21-13-14-23-22-12-10-9-11-19(22)15-24(23)27(21)20-16-25(28(3,4)5)26(17-20)29(6,7)8/h9-16H,17H2,1-8H3. The Morgan fingerprint density at radius 2 is 1.45 bits per heavy atom. The minimum absolute atomic E-state index is 0.153. The molecule has 150 valence electrons. The predicted octanol–water partition coefficient (Wildman–Crippen LogP) is 6.48. The van der Waals surface area contributed by atoms with Gasteiger partial charge in [-0.2, -0.15) is 0 Å². The summed E-state index contributed by atoms with van der Waals surface area (Å²) in [7, 11) is 0. The van der Waals surface area contributed by atoms with Crippen molar-refractivity contribution >= 4 is 17.2 Å². The highest BCUT2D eigenvalue weighted by atomic mass is 14.4. The van der Waals surface area contributed by atoms with Gasteiger partial charge in [0, 0.05) is 0 Å². The van der Waals surface area contributed by atoms with Gasteiger partial charge in [-0.15, -0.1) is 0 Å². The van der Waals surface area contributed by atoms with E-state index in [1.165, 1.54) is 48.7 Å². The van der Waals surface area contributed by atoms with E-state index in [1.807, 2.05) is 0 Å². The molecule has 0 radical (unpaired) electrons. The van der Waals surface area contributed by atoms with Gasteiger partial charge in [-0.25, -0.2) is 0 Å². The molecular weight excluding hydrogens is 348 g/mol. The molecule has 0 saturated carbocycles. The fourth-order valence-electron chi connectivity index (χ4n) is 4.89. The first-order valence-electron chi connectivity index (χ1n) is 10.8. The minimum atomic E-state index is 0.153.